The molecule has 0 aliphatic rings. The zero-order chi connectivity index (χ0) is 15.5. The third kappa shape index (κ3) is 2.94. The van der Waals surface area contributed by atoms with E-state index in [-0.39, 0.29) is 5.91 Å². The summed E-state index contributed by atoms with van der Waals surface area (Å²) in [4.78, 5) is 17.6. The van der Waals surface area contributed by atoms with E-state index < -0.39 is 0 Å². The predicted molar refractivity (Wildman–Crippen MR) is 86.9 cm³/mol. The topological polar surface area (TPSA) is 55.1 Å². The summed E-state index contributed by atoms with van der Waals surface area (Å²) >= 11 is 1.61. The Morgan fingerprint density at radius 3 is 2.77 bits per heavy atom. The second kappa shape index (κ2) is 6.15. The molecule has 0 fully saturated rings. The normalized spacial score (nSPS) is 10.6. The third-order valence-corrected chi connectivity index (χ3v) is 4.61. The van der Waals surface area contributed by atoms with Crippen molar-refractivity contribution in [2.75, 3.05) is 0 Å². The lowest BCUT2D eigenvalue weighted by atomic mass is 10.1. The van der Waals surface area contributed by atoms with Crippen LogP contribution in [-0.4, -0.2) is 10.9 Å². The van der Waals surface area contributed by atoms with Crippen LogP contribution in [0.4, 0.5) is 0 Å². The summed E-state index contributed by atoms with van der Waals surface area (Å²) in [6, 6.07) is 11.5. The molecular weight excluding hydrogens is 296 g/mol. The van der Waals surface area contributed by atoms with Crippen molar-refractivity contribution in [1.82, 2.24) is 10.3 Å². The van der Waals surface area contributed by atoms with Gasteiger partial charge in [-0.05, 0) is 31.5 Å². The molecule has 3 rings (SSSR count). The van der Waals surface area contributed by atoms with E-state index in [1.807, 2.05) is 19.1 Å². The number of aryl methyl sites for hydroxylation is 2. The number of amides is 1. The maximum absolute atomic E-state index is 11.9. The molecule has 1 N–H and O–H groups in total. The van der Waals surface area contributed by atoms with Gasteiger partial charge >= 0.3 is 0 Å². The van der Waals surface area contributed by atoms with Crippen LogP contribution in [-0.2, 0) is 6.54 Å². The lowest BCUT2D eigenvalue weighted by Crippen LogP contribution is -2.22. The second-order valence-electron chi connectivity index (χ2n) is 5.00. The van der Waals surface area contributed by atoms with E-state index in [0.717, 1.165) is 21.1 Å². The summed E-state index contributed by atoms with van der Waals surface area (Å²) in [6.45, 7) is 4.49. The van der Waals surface area contributed by atoms with Gasteiger partial charge in [-0.2, -0.15) is 0 Å². The number of carbonyl (C=O) groups is 1. The van der Waals surface area contributed by atoms with Crippen LogP contribution in [0.1, 0.15) is 26.7 Å². The van der Waals surface area contributed by atoms with Crippen LogP contribution >= 0.6 is 11.3 Å². The van der Waals surface area contributed by atoms with Gasteiger partial charge in [-0.1, -0.05) is 24.3 Å². The molecule has 1 amide bonds. The van der Waals surface area contributed by atoms with Crippen LogP contribution in [0.25, 0.3) is 10.6 Å². The van der Waals surface area contributed by atoms with E-state index in [1.165, 1.54) is 11.8 Å². The Hall–Kier alpha value is -2.40. The minimum Gasteiger partial charge on any atom is -0.459 e. The van der Waals surface area contributed by atoms with E-state index in [0.29, 0.717) is 12.3 Å². The standard InChI is InChI=1S/C17H16N2O2S/c1-11-6-3-4-7-13(11)17-19-12(2)15(22-17)10-18-16(20)14-8-5-9-21-14/h3-9H,10H2,1-2H3,(H,18,20). The molecule has 0 atom stereocenters. The van der Waals surface area contributed by atoms with Gasteiger partial charge < -0.3 is 9.73 Å². The number of thiazole rings is 1. The molecule has 5 heteroatoms. The minimum absolute atomic E-state index is 0.213. The van der Waals surface area contributed by atoms with E-state index in [9.17, 15) is 4.79 Å². The molecule has 3 aromatic rings. The fraction of sp³-hybridized carbons (Fsp3) is 0.176. The first kappa shape index (κ1) is 14.5. The average Bonchev–Trinajstić information content (AvgIpc) is 3.15. The maximum atomic E-state index is 11.9. The first-order chi connectivity index (χ1) is 10.6. The molecule has 0 aliphatic heterocycles. The molecule has 22 heavy (non-hydrogen) atoms. The van der Waals surface area contributed by atoms with Crippen LogP contribution in [0.3, 0.4) is 0 Å². The molecule has 0 unspecified atom stereocenters. The fourth-order valence-corrected chi connectivity index (χ4v) is 3.27. The number of benzene rings is 1. The molecule has 1 aromatic carbocycles. The van der Waals surface area contributed by atoms with Crippen molar-refractivity contribution in [3.63, 3.8) is 0 Å². The van der Waals surface area contributed by atoms with Crippen molar-refractivity contribution < 1.29 is 9.21 Å². The van der Waals surface area contributed by atoms with Crippen molar-refractivity contribution in [2.24, 2.45) is 0 Å². The van der Waals surface area contributed by atoms with Gasteiger partial charge in [0.25, 0.3) is 5.91 Å². The van der Waals surface area contributed by atoms with Crippen molar-refractivity contribution in [3.05, 3.63) is 64.6 Å². The Balaban J connectivity index is 1.76. The predicted octanol–water partition coefficient (Wildman–Crippen LogP) is 3.95. The summed E-state index contributed by atoms with van der Waals surface area (Å²) in [7, 11) is 0. The summed E-state index contributed by atoms with van der Waals surface area (Å²) in [5.41, 5.74) is 3.28. The van der Waals surface area contributed by atoms with Gasteiger partial charge in [0.05, 0.1) is 18.5 Å². The van der Waals surface area contributed by atoms with E-state index in [4.69, 9.17) is 4.42 Å². The lowest BCUT2D eigenvalue weighted by Gasteiger charge is -2.01. The lowest BCUT2D eigenvalue weighted by molar-refractivity contribution is 0.0923. The molecule has 0 spiro atoms. The highest BCUT2D eigenvalue weighted by Gasteiger charge is 2.13. The molecule has 2 heterocycles. The Morgan fingerprint density at radius 2 is 2.05 bits per heavy atom. The van der Waals surface area contributed by atoms with Crippen LogP contribution in [0.5, 0.6) is 0 Å². The Labute approximate surface area is 132 Å². The molecule has 0 aliphatic carbocycles. The zero-order valence-corrected chi connectivity index (χ0v) is 13.2. The van der Waals surface area contributed by atoms with Gasteiger partial charge in [-0.25, -0.2) is 4.98 Å². The summed E-state index contributed by atoms with van der Waals surface area (Å²) in [6.07, 6.45) is 1.49. The van der Waals surface area contributed by atoms with Crippen molar-refractivity contribution in [1.29, 1.82) is 0 Å². The van der Waals surface area contributed by atoms with Gasteiger partial charge in [0.2, 0.25) is 0 Å². The first-order valence-electron chi connectivity index (χ1n) is 6.99. The molecule has 0 saturated heterocycles. The summed E-state index contributed by atoms with van der Waals surface area (Å²) in [5, 5.41) is 3.84. The quantitative estimate of drug-likeness (QED) is 0.793. The smallest absolute Gasteiger partial charge is 0.287 e. The van der Waals surface area contributed by atoms with Gasteiger partial charge in [0.1, 0.15) is 5.01 Å². The number of rotatable bonds is 4. The van der Waals surface area contributed by atoms with E-state index >= 15 is 0 Å². The Kier molecular flexibility index (Phi) is 4.06. The Bertz CT molecular complexity index is 791. The number of aromatic nitrogens is 1. The number of nitrogens with zero attached hydrogens (tertiary/aromatic N) is 1. The van der Waals surface area contributed by atoms with Crippen LogP contribution in [0.2, 0.25) is 0 Å². The second-order valence-corrected chi connectivity index (χ2v) is 6.09. The van der Waals surface area contributed by atoms with E-state index in [2.05, 4.69) is 29.4 Å². The van der Waals surface area contributed by atoms with Crippen LogP contribution in [0.15, 0.2) is 47.1 Å². The number of carbonyl (C=O) groups excluding carboxylic acids is 1. The van der Waals surface area contributed by atoms with Crippen molar-refractivity contribution in [3.8, 4) is 10.6 Å². The average molecular weight is 312 g/mol. The highest BCUT2D eigenvalue weighted by Crippen LogP contribution is 2.29. The number of hydrogen-bond acceptors (Lipinski definition) is 4. The highest BCUT2D eigenvalue weighted by atomic mass is 32.1. The van der Waals surface area contributed by atoms with E-state index in [1.54, 1.807) is 23.5 Å². The molecule has 0 radical (unpaired) electrons. The molecule has 0 bridgehead atoms. The van der Waals surface area contributed by atoms with Gasteiger partial charge in [0, 0.05) is 10.4 Å². The zero-order valence-electron chi connectivity index (χ0n) is 12.4. The minimum atomic E-state index is -0.213. The molecular formula is C17H16N2O2S. The molecule has 2 aromatic heterocycles. The molecule has 112 valence electrons. The fourth-order valence-electron chi connectivity index (χ4n) is 2.18. The largest absolute Gasteiger partial charge is 0.459 e. The first-order valence-corrected chi connectivity index (χ1v) is 7.81. The van der Waals surface area contributed by atoms with Crippen molar-refractivity contribution >= 4 is 17.2 Å². The van der Waals surface area contributed by atoms with Crippen LogP contribution < -0.4 is 5.32 Å². The monoisotopic (exact) mass is 312 g/mol. The SMILES string of the molecule is Cc1ccccc1-c1nc(C)c(CNC(=O)c2ccco2)s1. The summed E-state index contributed by atoms with van der Waals surface area (Å²) < 4.78 is 5.08. The van der Waals surface area contributed by atoms with Crippen LogP contribution in [0, 0.1) is 13.8 Å². The van der Waals surface area contributed by atoms with Gasteiger partial charge in [-0.15, -0.1) is 11.3 Å². The van der Waals surface area contributed by atoms with Gasteiger partial charge in [0.15, 0.2) is 5.76 Å². The summed E-state index contributed by atoms with van der Waals surface area (Å²) in [5.74, 6) is 0.108. The van der Waals surface area contributed by atoms with Crippen molar-refractivity contribution in [2.45, 2.75) is 20.4 Å². The Morgan fingerprint density at radius 1 is 1.23 bits per heavy atom. The maximum Gasteiger partial charge on any atom is 0.287 e. The highest BCUT2D eigenvalue weighted by molar-refractivity contribution is 7.15. The number of hydrogen-bond donors (Lipinski definition) is 1. The number of furan rings is 1. The molecule has 0 saturated carbocycles. The van der Waals surface area contributed by atoms with Gasteiger partial charge in [-0.3, -0.25) is 4.79 Å². The third-order valence-electron chi connectivity index (χ3n) is 3.42. The molecule has 4 nitrogen and oxygen atoms in total. The number of nitrogens with one attached hydrogen (secondary N) is 1.